The summed E-state index contributed by atoms with van der Waals surface area (Å²) in [6.07, 6.45) is 3.14. The minimum absolute atomic E-state index is 0.0206. The molecular weight excluding hydrogens is 318 g/mol. The lowest BCUT2D eigenvalue weighted by atomic mass is 9.82. The molecule has 0 bridgehead atoms. The fraction of sp³-hybridized carbons (Fsp3) is 0.562. The zero-order valence-electron chi connectivity index (χ0n) is 12.1. The van der Waals surface area contributed by atoms with Crippen LogP contribution in [0.15, 0.2) is 24.3 Å². The molecule has 0 aromatic heterocycles. The molecule has 0 spiro atoms. The highest BCUT2D eigenvalue weighted by Crippen LogP contribution is 2.32. The third-order valence-electron chi connectivity index (χ3n) is 3.86. The molecule has 0 N–H and O–H groups in total. The van der Waals surface area contributed by atoms with E-state index in [1.54, 1.807) is 7.11 Å². The van der Waals surface area contributed by atoms with Crippen molar-refractivity contribution in [2.24, 2.45) is 0 Å². The second kappa shape index (κ2) is 7.23. The number of likely N-dealkylation sites (N-methyl/N-ethyl adjacent to an activating group) is 1. The summed E-state index contributed by atoms with van der Waals surface area (Å²) in [7, 11) is 3.55. The number of carbonyl (C=O) groups excluding carboxylic acids is 1. The number of rotatable bonds is 5. The summed E-state index contributed by atoms with van der Waals surface area (Å²) in [4.78, 5) is 14.7. The van der Waals surface area contributed by atoms with E-state index in [2.05, 4.69) is 34.1 Å². The molecule has 2 rings (SSSR count). The van der Waals surface area contributed by atoms with Gasteiger partial charge in [0, 0.05) is 20.7 Å². The van der Waals surface area contributed by atoms with E-state index in [9.17, 15) is 4.79 Å². The topological polar surface area (TPSA) is 29.5 Å². The van der Waals surface area contributed by atoms with E-state index < -0.39 is 0 Å². The Labute approximate surface area is 129 Å². The molecule has 0 aliphatic heterocycles. The Morgan fingerprint density at radius 3 is 3.00 bits per heavy atom. The highest BCUT2D eigenvalue weighted by atomic mass is 79.9. The van der Waals surface area contributed by atoms with Crippen LogP contribution in [-0.4, -0.2) is 42.9 Å². The zero-order chi connectivity index (χ0) is 14.5. The van der Waals surface area contributed by atoms with Crippen molar-refractivity contribution in [3.8, 4) is 0 Å². The molecule has 20 heavy (non-hydrogen) atoms. The average molecular weight is 340 g/mol. The van der Waals surface area contributed by atoms with E-state index in [4.69, 9.17) is 4.74 Å². The van der Waals surface area contributed by atoms with Crippen LogP contribution in [0.2, 0.25) is 0 Å². The summed E-state index contributed by atoms with van der Waals surface area (Å²) < 4.78 is 5.10. The van der Waals surface area contributed by atoms with Gasteiger partial charge in [0.25, 0.3) is 0 Å². The number of ether oxygens (including phenoxy) is 1. The summed E-state index contributed by atoms with van der Waals surface area (Å²) in [6, 6.07) is 8.34. The third-order valence-corrected chi connectivity index (χ3v) is 4.42. The van der Waals surface area contributed by atoms with Gasteiger partial charge in [-0.1, -0.05) is 40.2 Å². The summed E-state index contributed by atoms with van der Waals surface area (Å²) in [6.45, 7) is 1.28. The highest BCUT2D eigenvalue weighted by molar-refractivity contribution is 9.09. The van der Waals surface area contributed by atoms with Crippen LogP contribution >= 0.6 is 15.9 Å². The van der Waals surface area contributed by atoms with Crippen molar-refractivity contribution < 1.29 is 9.53 Å². The maximum absolute atomic E-state index is 12.7. The van der Waals surface area contributed by atoms with Crippen LogP contribution in [0, 0.1) is 0 Å². The molecule has 1 aromatic carbocycles. The molecule has 0 saturated carbocycles. The fourth-order valence-electron chi connectivity index (χ4n) is 2.90. The van der Waals surface area contributed by atoms with Gasteiger partial charge in [0.05, 0.1) is 17.4 Å². The molecule has 1 aliphatic carbocycles. The predicted molar refractivity (Wildman–Crippen MR) is 84.3 cm³/mol. The minimum atomic E-state index is 0.0206. The molecule has 0 fully saturated rings. The van der Waals surface area contributed by atoms with E-state index in [0.29, 0.717) is 13.2 Å². The standard InChI is InChI=1S/C16H22BrNO2/c1-18(10-13(17)11-20-2)16(19)15-9-5-7-12-6-3-4-8-14(12)15/h3-4,6,8,13,15H,5,7,9-11H2,1-2H3. The fourth-order valence-corrected chi connectivity index (χ4v) is 3.60. The van der Waals surface area contributed by atoms with E-state index in [1.807, 2.05) is 18.0 Å². The maximum Gasteiger partial charge on any atom is 0.229 e. The first-order valence-electron chi connectivity index (χ1n) is 7.09. The summed E-state index contributed by atoms with van der Waals surface area (Å²) in [5.74, 6) is 0.241. The molecule has 0 heterocycles. The van der Waals surface area contributed by atoms with E-state index in [-0.39, 0.29) is 16.7 Å². The van der Waals surface area contributed by atoms with Gasteiger partial charge < -0.3 is 9.64 Å². The smallest absolute Gasteiger partial charge is 0.229 e. The first-order chi connectivity index (χ1) is 9.63. The monoisotopic (exact) mass is 339 g/mol. The van der Waals surface area contributed by atoms with Gasteiger partial charge in [-0.2, -0.15) is 0 Å². The lowest BCUT2D eigenvalue weighted by Gasteiger charge is -2.29. The molecule has 110 valence electrons. The Hall–Kier alpha value is -0.870. The van der Waals surface area contributed by atoms with Crippen molar-refractivity contribution >= 4 is 21.8 Å². The Bertz CT molecular complexity index is 464. The molecule has 2 unspecified atom stereocenters. The molecule has 0 radical (unpaired) electrons. The Morgan fingerprint density at radius 1 is 1.50 bits per heavy atom. The van der Waals surface area contributed by atoms with Gasteiger partial charge in [0.1, 0.15) is 0 Å². The largest absolute Gasteiger partial charge is 0.383 e. The van der Waals surface area contributed by atoms with Crippen LogP contribution in [0.5, 0.6) is 0 Å². The first kappa shape index (κ1) is 15.5. The third kappa shape index (κ3) is 3.61. The number of hydrogen-bond acceptors (Lipinski definition) is 2. The van der Waals surface area contributed by atoms with Crippen molar-refractivity contribution in [1.82, 2.24) is 4.90 Å². The second-order valence-corrected chi connectivity index (χ2v) is 6.71. The Balaban J connectivity index is 2.06. The quantitative estimate of drug-likeness (QED) is 0.772. The second-order valence-electron chi connectivity index (χ2n) is 5.42. The lowest BCUT2D eigenvalue weighted by molar-refractivity contribution is -0.131. The molecule has 3 nitrogen and oxygen atoms in total. The normalized spacial score (nSPS) is 19.2. The molecule has 2 atom stereocenters. The van der Waals surface area contributed by atoms with E-state index in [1.165, 1.54) is 11.1 Å². The van der Waals surface area contributed by atoms with Gasteiger partial charge in [-0.25, -0.2) is 0 Å². The van der Waals surface area contributed by atoms with Gasteiger partial charge >= 0.3 is 0 Å². The van der Waals surface area contributed by atoms with Crippen molar-refractivity contribution in [2.45, 2.75) is 30.0 Å². The number of fused-ring (bicyclic) bond motifs is 1. The molecule has 1 aliphatic rings. The van der Waals surface area contributed by atoms with Crippen molar-refractivity contribution in [3.05, 3.63) is 35.4 Å². The number of aryl methyl sites for hydroxylation is 1. The van der Waals surface area contributed by atoms with Crippen molar-refractivity contribution in [3.63, 3.8) is 0 Å². The number of hydrogen-bond donors (Lipinski definition) is 0. The number of carbonyl (C=O) groups is 1. The number of nitrogens with zero attached hydrogens (tertiary/aromatic N) is 1. The van der Waals surface area contributed by atoms with Crippen molar-refractivity contribution in [1.29, 1.82) is 0 Å². The van der Waals surface area contributed by atoms with Gasteiger partial charge in [0.2, 0.25) is 5.91 Å². The van der Waals surface area contributed by atoms with E-state index >= 15 is 0 Å². The lowest BCUT2D eigenvalue weighted by Crippen LogP contribution is -2.37. The molecule has 1 amide bonds. The SMILES string of the molecule is COCC(Br)CN(C)C(=O)C1CCCc2ccccc21. The highest BCUT2D eigenvalue weighted by Gasteiger charge is 2.28. The van der Waals surface area contributed by atoms with Gasteiger partial charge in [-0.05, 0) is 30.4 Å². The van der Waals surface area contributed by atoms with Crippen LogP contribution in [0.3, 0.4) is 0 Å². The van der Waals surface area contributed by atoms with Gasteiger partial charge in [-0.15, -0.1) is 0 Å². The average Bonchev–Trinajstić information content (AvgIpc) is 2.46. The van der Waals surface area contributed by atoms with Crippen LogP contribution in [0.4, 0.5) is 0 Å². The summed E-state index contributed by atoms with van der Waals surface area (Å²) in [5.41, 5.74) is 2.55. The zero-order valence-corrected chi connectivity index (χ0v) is 13.7. The number of alkyl halides is 1. The van der Waals surface area contributed by atoms with Crippen molar-refractivity contribution in [2.75, 3.05) is 27.3 Å². The summed E-state index contributed by atoms with van der Waals surface area (Å²) >= 11 is 3.54. The number of halogens is 1. The number of methoxy groups -OCH3 is 1. The van der Waals surface area contributed by atoms with Crippen LogP contribution < -0.4 is 0 Å². The molecular formula is C16H22BrNO2. The first-order valence-corrected chi connectivity index (χ1v) is 8.00. The van der Waals surface area contributed by atoms with Gasteiger partial charge in [-0.3, -0.25) is 4.79 Å². The van der Waals surface area contributed by atoms with Crippen LogP contribution in [-0.2, 0) is 16.0 Å². The Morgan fingerprint density at radius 2 is 2.25 bits per heavy atom. The molecule has 1 aromatic rings. The van der Waals surface area contributed by atoms with Crippen LogP contribution in [0.1, 0.15) is 29.9 Å². The van der Waals surface area contributed by atoms with E-state index in [0.717, 1.165) is 19.3 Å². The maximum atomic E-state index is 12.7. The Kier molecular flexibility index (Phi) is 5.61. The molecule has 0 saturated heterocycles. The van der Waals surface area contributed by atoms with Gasteiger partial charge in [0.15, 0.2) is 0 Å². The minimum Gasteiger partial charge on any atom is -0.383 e. The number of benzene rings is 1. The van der Waals surface area contributed by atoms with Crippen LogP contribution in [0.25, 0.3) is 0 Å². The number of amides is 1. The summed E-state index contributed by atoms with van der Waals surface area (Å²) in [5, 5.41) is 0. The molecule has 4 heteroatoms. The predicted octanol–water partition coefficient (Wildman–Crippen LogP) is 2.97.